The number of hydrogen-bond donors (Lipinski definition) is 0. The van der Waals surface area contributed by atoms with E-state index in [4.69, 9.17) is 9.47 Å². The highest BCUT2D eigenvalue weighted by atomic mass is 19.4. The summed E-state index contributed by atoms with van der Waals surface area (Å²) in [4.78, 5) is 15.0. The van der Waals surface area contributed by atoms with Crippen LogP contribution in [0.3, 0.4) is 0 Å². The molecule has 0 unspecified atom stereocenters. The van der Waals surface area contributed by atoms with Crippen molar-refractivity contribution in [2.45, 2.75) is 37.9 Å². The zero-order valence-corrected chi connectivity index (χ0v) is 20.4. The van der Waals surface area contributed by atoms with Gasteiger partial charge in [-0.2, -0.15) is 13.2 Å². The first-order chi connectivity index (χ1) is 17.7. The molecule has 3 aliphatic rings. The number of hydrogen-bond acceptors (Lipinski definition) is 5. The molecule has 3 aliphatic heterocycles. The number of halogens is 3. The first kappa shape index (κ1) is 23.7. The van der Waals surface area contributed by atoms with Gasteiger partial charge in [0.15, 0.2) is 0 Å². The van der Waals surface area contributed by atoms with Gasteiger partial charge in [-0.25, -0.2) is 0 Å². The minimum atomic E-state index is -4.59. The molecule has 0 atom stereocenters. The molecule has 6 rings (SSSR count). The van der Waals surface area contributed by atoms with Gasteiger partial charge in [0.2, 0.25) is 0 Å². The summed E-state index contributed by atoms with van der Waals surface area (Å²) in [7, 11) is 1.88. The Labute approximate surface area is 211 Å². The summed E-state index contributed by atoms with van der Waals surface area (Å²) in [5, 5.41) is 8.16. The zero-order chi connectivity index (χ0) is 25.9. The number of alkyl halides is 3. The maximum absolute atomic E-state index is 14.1. The third-order valence-electron chi connectivity index (χ3n) is 7.62. The van der Waals surface area contributed by atoms with Crippen molar-refractivity contribution in [3.63, 3.8) is 0 Å². The normalized spacial score (nSPS) is 18.7. The molecule has 1 saturated heterocycles. The summed E-state index contributed by atoms with van der Waals surface area (Å²) in [6.07, 6.45) is -1.84. The lowest BCUT2D eigenvalue weighted by atomic mass is 9.75. The molecular formula is C27H25F3N4O3. The smallest absolute Gasteiger partial charge is 0.416 e. The van der Waals surface area contributed by atoms with E-state index < -0.39 is 17.6 Å². The molecule has 1 aromatic heterocycles. The van der Waals surface area contributed by atoms with E-state index in [2.05, 4.69) is 10.2 Å². The van der Waals surface area contributed by atoms with Crippen LogP contribution in [0, 0.1) is 0 Å². The highest BCUT2D eigenvalue weighted by Gasteiger charge is 2.44. The van der Waals surface area contributed by atoms with Crippen LogP contribution in [-0.2, 0) is 41.1 Å². The molecule has 7 nitrogen and oxygen atoms in total. The van der Waals surface area contributed by atoms with Crippen molar-refractivity contribution in [3.8, 4) is 0 Å². The van der Waals surface area contributed by atoms with Crippen LogP contribution in [0.1, 0.15) is 51.8 Å². The van der Waals surface area contributed by atoms with Crippen molar-refractivity contribution >= 4 is 17.2 Å². The summed E-state index contributed by atoms with van der Waals surface area (Å²) in [6.45, 7) is 2.98. The standard InChI is InChI=1S/C27H25F3N4O3/c1-16-20(6-7-37-16)17-8-21-22(23(9-17)27(28,29)30)12-34(25(21)35)19-5-3-4-18(10-19)26(13-36-14-26)11-24-32-31-15-33(24)2/h3-5,8-10,15H,6-7,11-14H2,1-2H3. The molecule has 0 spiro atoms. The number of fused-ring (bicyclic) bond motifs is 1. The molecule has 3 aromatic rings. The van der Waals surface area contributed by atoms with Crippen molar-refractivity contribution in [1.29, 1.82) is 0 Å². The number of aryl methyl sites for hydroxylation is 1. The second-order valence-corrected chi connectivity index (χ2v) is 9.93. The summed E-state index contributed by atoms with van der Waals surface area (Å²) in [5.41, 5.74) is 1.57. The molecule has 192 valence electrons. The second-order valence-electron chi connectivity index (χ2n) is 9.93. The highest BCUT2D eigenvalue weighted by molar-refractivity contribution is 6.11. The van der Waals surface area contributed by atoms with Gasteiger partial charge in [-0.15, -0.1) is 10.2 Å². The van der Waals surface area contributed by atoms with Crippen molar-refractivity contribution in [2.24, 2.45) is 7.05 Å². The fraction of sp³-hybridized carbons (Fsp3) is 0.370. The van der Waals surface area contributed by atoms with Gasteiger partial charge < -0.3 is 18.9 Å². The van der Waals surface area contributed by atoms with Crippen molar-refractivity contribution in [2.75, 3.05) is 24.7 Å². The van der Waals surface area contributed by atoms with Crippen molar-refractivity contribution in [1.82, 2.24) is 14.8 Å². The molecule has 0 radical (unpaired) electrons. The summed E-state index contributed by atoms with van der Waals surface area (Å²) in [6, 6.07) is 10.2. The maximum atomic E-state index is 14.1. The summed E-state index contributed by atoms with van der Waals surface area (Å²) < 4.78 is 55.3. The van der Waals surface area contributed by atoms with Crippen molar-refractivity contribution in [3.05, 3.63) is 82.1 Å². The number of benzene rings is 2. The highest BCUT2D eigenvalue weighted by Crippen LogP contribution is 2.43. The van der Waals surface area contributed by atoms with E-state index in [1.54, 1.807) is 25.4 Å². The molecule has 1 fully saturated rings. The van der Waals surface area contributed by atoms with E-state index in [1.165, 1.54) is 4.90 Å². The van der Waals surface area contributed by atoms with Crippen LogP contribution in [0.4, 0.5) is 18.9 Å². The largest absolute Gasteiger partial charge is 0.498 e. The molecule has 0 saturated carbocycles. The molecule has 0 aliphatic carbocycles. The number of ether oxygens (including phenoxy) is 2. The Morgan fingerprint density at radius 3 is 2.59 bits per heavy atom. The lowest BCUT2D eigenvalue weighted by molar-refractivity contribution is -0.138. The predicted octanol–water partition coefficient (Wildman–Crippen LogP) is 4.66. The average Bonchev–Trinajstić information content (AvgIpc) is 3.54. The first-order valence-electron chi connectivity index (χ1n) is 12.1. The Morgan fingerprint density at radius 2 is 1.97 bits per heavy atom. The maximum Gasteiger partial charge on any atom is 0.416 e. The third-order valence-corrected chi connectivity index (χ3v) is 7.62. The minimum Gasteiger partial charge on any atom is -0.498 e. The van der Waals surface area contributed by atoms with E-state index in [0.717, 1.165) is 17.5 Å². The number of nitrogens with zero attached hydrogens (tertiary/aromatic N) is 4. The number of aromatic nitrogens is 3. The van der Waals surface area contributed by atoms with Crippen LogP contribution >= 0.6 is 0 Å². The van der Waals surface area contributed by atoms with E-state index >= 15 is 0 Å². The summed E-state index contributed by atoms with van der Waals surface area (Å²) >= 11 is 0. The number of carbonyl (C=O) groups excluding carboxylic acids is 1. The van der Waals surface area contributed by atoms with Gasteiger partial charge in [-0.1, -0.05) is 12.1 Å². The third kappa shape index (κ3) is 3.90. The Balaban J connectivity index is 1.37. The summed E-state index contributed by atoms with van der Waals surface area (Å²) in [5.74, 6) is 0.962. The molecule has 0 N–H and O–H groups in total. The van der Waals surface area contributed by atoms with Crippen LogP contribution in [-0.4, -0.2) is 40.5 Å². The Hall–Kier alpha value is -3.66. The van der Waals surface area contributed by atoms with Crippen LogP contribution in [0.15, 0.2) is 48.5 Å². The molecule has 37 heavy (non-hydrogen) atoms. The Morgan fingerprint density at radius 1 is 1.16 bits per heavy atom. The lowest BCUT2D eigenvalue weighted by Crippen LogP contribution is -2.49. The van der Waals surface area contributed by atoms with E-state index in [1.807, 2.05) is 29.8 Å². The zero-order valence-electron chi connectivity index (χ0n) is 20.4. The SMILES string of the molecule is CC1=C(c2cc3c(c(C(F)(F)F)c2)CN(c2cccc(C4(Cc5nncn5C)COC4)c2)C3=O)CCO1. The van der Waals surface area contributed by atoms with Crippen LogP contribution < -0.4 is 4.90 Å². The van der Waals surface area contributed by atoms with E-state index in [9.17, 15) is 18.0 Å². The van der Waals surface area contributed by atoms with Gasteiger partial charge in [0.05, 0.1) is 37.7 Å². The van der Waals surface area contributed by atoms with Gasteiger partial charge in [0.1, 0.15) is 12.2 Å². The van der Waals surface area contributed by atoms with Crippen LogP contribution in [0.25, 0.3) is 5.57 Å². The lowest BCUT2D eigenvalue weighted by Gasteiger charge is -2.42. The number of amides is 1. The van der Waals surface area contributed by atoms with Crippen LogP contribution in [0.2, 0.25) is 0 Å². The van der Waals surface area contributed by atoms with Gasteiger partial charge in [0.25, 0.3) is 5.91 Å². The topological polar surface area (TPSA) is 69.5 Å². The molecule has 2 aromatic carbocycles. The minimum absolute atomic E-state index is 0.00426. The fourth-order valence-corrected chi connectivity index (χ4v) is 5.45. The number of allylic oxidation sites excluding steroid dienone is 1. The van der Waals surface area contributed by atoms with Crippen LogP contribution in [0.5, 0.6) is 0 Å². The Kier molecular flexibility index (Phi) is 5.41. The molecule has 0 bridgehead atoms. The Bertz CT molecular complexity index is 1440. The molecular weight excluding hydrogens is 485 g/mol. The van der Waals surface area contributed by atoms with Gasteiger partial charge in [-0.05, 0) is 47.9 Å². The van der Waals surface area contributed by atoms with Gasteiger partial charge >= 0.3 is 6.18 Å². The first-order valence-corrected chi connectivity index (χ1v) is 12.1. The van der Waals surface area contributed by atoms with Gasteiger partial charge in [0, 0.05) is 42.1 Å². The monoisotopic (exact) mass is 510 g/mol. The number of rotatable bonds is 5. The molecule has 10 heteroatoms. The van der Waals surface area contributed by atoms with Crippen molar-refractivity contribution < 1.29 is 27.4 Å². The number of carbonyl (C=O) groups is 1. The average molecular weight is 511 g/mol. The molecule has 1 amide bonds. The quantitative estimate of drug-likeness (QED) is 0.500. The van der Waals surface area contributed by atoms with Gasteiger partial charge in [-0.3, -0.25) is 4.79 Å². The second kappa shape index (κ2) is 8.44. The number of anilines is 1. The van der Waals surface area contributed by atoms with E-state index in [0.29, 0.717) is 55.2 Å². The fourth-order valence-electron chi connectivity index (χ4n) is 5.45. The molecule has 4 heterocycles. The van der Waals surface area contributed by atoms with E-state index in [-0.39, 0.29) is 23.1 Å². The predicted molar refractivity (Wildman–Crippen MR) is 129 cm³/mol.